The first kappa shape index (κ1) is 24.6. The molecule has 0 radical (unpaired) electrons. The predicted octanol–water partition coefficient (Wildman–Crippen LogP) is 5.03. The Hall–Kier alpha value is -4.05. The van der Waals surface area contributed by atoms with Crippen LogP contribution in [0.1, 0.15) is 22.0 Å². The molecule has 1 unspecified atom stereocenters. The van der Waals surface area contributed by atoms with Crippen molar-refractivity contribution in [2.24, 2.45) is 0 Å². The molecule has 1 atom stereocenters. The molecule has 0 heterocycles. The maximum atomic E-state index is 13.0. The van der Waals surface area contributed by atoms with E-state index < -0.39 is 41.4 Å². The third-order valence-corrected chi connectivity index (χ3v) is 8.84. The molecule has 9 nitrogen and oxygen atoms in total. The summed E-state index contributed by atoms with van der Waals surface area (Å²) in [6, 6.07) is 20.4. The van der Waals surface area contributed by atoms with E-state index in [1.165, 1.54) is 5.19 Å². The van der Waals surface area contributed by atoms with Crippen molar-refractivity contribution >= 4 is 30.6 Å². The number of nitrogens with zero attached hydrogens (tertiary/aromatic N) is 2. The molecule has 0 saturated carbocycles. The zero-order chi connectivity index (χ0) is 24.9. The highest BCUT2D eigenvalue weighted by Gasteiger charge is 2.31. The van der Waals surface area contributed by atoms with Crippen molar-refractivity contribution in [3.63, 3.8) is 0 Å². The number of carbonyl (C=O) groups excluding carboxylic acids is 1. The molecule has 0 aromatic heterocycles. The summed E-state index contributed by atoms with van der Waals surface area (Å²) < 4.78 is 11.0. The minimum Gasteiger partial charge on any atom is -0.497 e. The van der Waals surface area contributed by atoms with Crippen LogP contribution in [-0.4, -0.2) is 31.0 Å². The second-order valence-corrected chi connectivity index (χ2v) is 13.1. The Balaban J connectivity index is 1.97. The molecular formula is C24H24N2O7Si. The molecule has 3 aromatic rings. The first-order valence-electron chi connectivity index (χ1n) is 10.4. The molecule has 176 valence electrons. The van der Waals surface area contributed by atoms with Gasteiger partial charge in [0.25, 0.3) is 11.4 Å². The van der Waals surface area contributed by atoms with Crippen LogP contribution in [0.25, 0.3) is 0 Å². The molecule has 10 heteroatoms. The Morgan fingerprint density at radius 2 is 1.47 bits per heavy atom. The van der Waals surface area contributed by atoms with Gasteiger partial charge in [0.2, 0.25) is 0 Å². The van der Waals surface area contributed by atoms with E-state index in [2.05, 4.69) is 13.1 Å². The van der Waals surface area contributed by atoms with Crippen molar-refractivity contribution in [2.45, 2.75) is 25.2 Å². The van der Waals surface area contributed by atoms with Gasteiger partial charge in [0, 0.05) is 12.1 Å². The first-order chi connectivity index (χ1) is 16.1. The lowest BCUT2D eigenvalue weighted by atomic mass is 10.1. The van der Waals surface area contributed by atoms with Crippen LogP contribution in [-0.2, 0) is 4.74 Å². The van der Waals surface area contributed by atoms with E-state index in [0.717, 1.165) is 23.8 Å². The summed E-state index contributed by atoms with van der Waals surface area (Å²) in [7, 11) is -0.549. The second-order valence-electron chi connectivity index (χ2n) is 8.37. The average molecular weight is 481 g/mol. The summed E-state index contributed by atoms with van der Waals surface area (Å²) in [4.78, 5) is 33.9. The van der Waals surface area contributed by atoms with Crippen LogP contribution in [0.2, 0.25) is 19.1 Å². The topological polar surface area (TPSA) is 122 Å². The molecule has 0 saturated heterocycles. The van der Waals surface area contributed by atoms with E-state index in [9.17, 15) is 25.0 Å². The van der Waals surface area contributed by atoms with Gasteiger partial charge in [-0.1, -0.05) is 60.7 Å². The number of methoxy groups -OCH3 is 1. The van der Waals surface area contributed by atoms with Crippen molar-refractivity contribution < 1.29 is 24.1 Å². The number of rotatable bonds is 9. The van der Waals surface area contributed by atoms with Crippen LogP contribution in [0, 0.1) is 20.2 Å². The molecular weight excluding hydrogens is 456 g/mol. The normalized spacial score (nSPS) is 12.0. The van der Waals surface area contributed by atoms with Gasteiger partial charge in [0.1, 0.15) is 11.9 Å². The molecule has 0 amide bonds. The van der Waals surface area contributed by atoms with Gasteiger partial charge >= 0.3 is 5.97 Å². The third-order valence-electron chi connectivity index (χ3n) is 5.55. The lowest BCUT2D eigenvalue weighted by Gasteiger charge is -2.29. The molecule has 0 fully saturated rings. The Kier molecular flexibility index (Phi) is 7.42. The van der Waals surface area contributed by atoms with Crippen LogP contribution in [0.3, 0.4) is 0 Å². The van der Waals surface area contributed by atoms with Gasteiger partial charge < -0.3 is 9.47 Å². The van der Waals surface area contributed by atoms with Crippen molar-refractivity contribution in [3.05, 3.63) is 104 Å². The molecule has 34 heavy (non-hydrogen) atoms. The number of non-ortho nitro benzene ring substituents is 2. The largest absolute Gasteiger partial charge is 0.497 e. The fourth-order valence-electron chi connectivity index (χ4n) is 3.64. The molecule has 0 aliphatic carbocycles. The summed E-state index contributed by atoms with van der Waals surface area (Å²) in [5.74, 6) is -0.229. The highest BCUT2D eigenvalue weighted by Crippen LogP contribution is 2.31. The van der Waals surface area contributed by atoms with Gasteiger partial charge in [-0.3, -0.25) is 20.2 Å². The molecule has 0 aliphatic heterocycles. The minimum atomic E-state index is -2.10. The SMILES string of the molecule is COc1ccc(C(C[Si](C)(C)c2ccccc2)OC(=O)c2cc([N+](=O)[O-])cc([N+](=O)[O-])c2)cc1. The zero-order valence-corrected chi connectivity index (χ0v) is 20.0. The number of ether oxygens (including phenoxy) is 2. The number of benzene rings is 3. The predicted molar refractivity (Wildman–Crippen MR) is 129 cm³/mol. The van der Waals surface area contributed by atoms with Gasteiger partial charge in [0.15, 0.2) is 0 Å². The molecule has 3 aromatic carbocycles. The van der Waals surface area contributed by atoms with Crippen LogP contribution in [0.4, 0.5) is 11.4 Å². The van der Waals surface area contributed by atoms with E-state index in [4.69, 9.17) is 9.47 Å². The lowest BCUT2D eigenvalue weighted by molar-refractivity contribution is -0.394. The van der Waals surface area contributed by atoms with Crippen molar-refractivity contribution in [1.29, 1.82) is 0 Å². The van der Waals surface area contributed by atoms with Crippen molar-refractivity contribution in [1.82, 2.24) is 0 Å². The smallest absolute Gasteiger partial charge is 0.339 e. The first-order valence-corrected chi connectivity index (χ1v) is 13.7. The van der Waals surface area contributed by atoms with E-state index in [1.54, 1.807) is 31.4 Å². The molecule has 0 N–H and O–H groups in total. The number of hydrogen-bond acceptors (Lipinski definition) is 7. The fraction of sp³-hybridized carbons (Fsp3) is 0.208. The molecule has 3 rings (SSSR count). The zero-order valence-electron chi connectivity index (χ0n) is 19.0. The summed E-state index contributed by atoms with van der Waals surface area (Å²) in [6.45, 7) is 4.32. The minimum absolute atomic E-state index is 0.251. The fourth-order valence-corrected chi connectivity index (χ4v) is 6.21. The van der Waals surface area contributed by atoms with Crippen LogP contribution in [0.15, 0.2) is 72.8 Å². The van der Waals surface area contributed by atoms with E-state index in [-0.39, 0.29) is 5.56 Å². The van der Waals surface area contributed by atoms with Crippen molar-refractivity contribution in [3.8, 4) is 5.75 Å². The van der Waals surface area contributed by atoms with E-state index in [0.29, 0.717) is 11.8 Å². The van der Waals surface area contributed by atoms with Crippen LogP contribution < -0.4 is 9.92 Å². The summed E-state index contributed by atoms with van der Waals surface area (Å²) in [5.41, 5.74) is -0.633. The Morgan fingerprint density at radius 1 is 0.912 bits per heavy atom. The van der Waals surface area contributed by atoms with Crippen LogP contribution >= 0.6 is 0 Å². The monoisotopic (exact) mass is 480 g/mol. The van der Waals surface area contributed by atoms with Gasteiger partial charge in [-0.05, 0) is 23.7 Å². The number of nitro groups is 2. The van der Waals surface area contributed by atoms with Crippen LogP contribution in [0.5, 0.6) is 5.75 Å². The number of hydrogen-bond donors (Lipinski definition) is 0. The highest BCUT2D eigenvalue weighted by atomic mass is 28.3. The standard InChI is InChI=1S/C24H24N2O7Si/c1-32-21-11-9-17(10-12-21)23(16-34(2,3)22-7-5-4-6-8-22)33-24(27)18-13-19(25(28)29)15-20(14-18)26(30)31/h4-15,23H,16H2,1-3H3. The van der Waals surface area contributed by atoms with E-state index in [1.807, 2.05) is 30.3 Å². The maximum Gasteiger partial charge on any atom is 0.339 e. The maximum absolute atomic E-state index is 13.0. The van der Waals surface area contributed by atoms with Gasteiger partial charge in [-0.15, -0.1) is 0 Å². The molecule has 0 spiro atoms. The Labute approximate surface area is 197 Å². The Morgan fingerprint density at radius 3 is 1.97 bits per heavy atom. The third kappa shape index (κ3) is 5.84. The van der Waals surface area contributed by atoms with Crippen molar-refractivity contribution in [2.75, 3.05) is 7.11 Å². The average Bonchev–Trinajstić information content (AvgIpc) is 2.83. The van der Waals surface area contributed by atoms with Gasteiger partial charge in [-0.2, -0.15) is 0 Å². The number of carbonyl (C=O) groups is 1. The summed E-state index contributed by atoms with van der Waals surface area (Å²) in [6.07, 6.45) is -0.668. The molecule has 0 aliphatic rings. The number of esters is 1. The highest BCUT2D eigenvalue weighted by molar-refractivity contribution is 6.89. The number of nitro benzene ring substituents is 2. The second kappa shape index (κ2) is 10.3. The van der Waals surface area contributed by atoms with E-state index >= 15 is 0 Å². The summed E-state index contributed by atoms with van der Waals surface area (Å²) >= 11 is 0. The Bertz CT molecular complexity index is 1170. The lowest BCUT2D eigenvalue weighted by Crippen LogP contribution is -2.42. The molecule has 0 bridgehead atoms. The quantitative estimate of drug-likeness (QED) is 0.182. The summed E-state index contributed by atoms with van der Waals surface area (Å²) in [5, 5.41) is 23.6. The van der Waals surface area contributed by atoms with Gasteiger partial charge in [-0.25, -0.2) is 4.79 Å². The van der Waals surface area contributed by atoms with Gasteiger partial charge in [0.05, 0.1) is 36.7 Å².